The van der Waals surface area contributed by atoms with Gasteiger partial charge in [0.25, 0.3) is 0 Å². The molecule has 0 N–H and O–H groups in total. The first kappa shape index (κ1) is 10.2. The lowest BCUT2D eigenvalue weighted by molar-refractivity contribution is 0.290. The fourth-order valence-corrected chi connectivity index (χ4v) is 1.43. The topological polar surface area (TPSA) is 3.24 Å². The molecule has 2 heteroatoms. The average Bonchev–Trinajstić information content (AvgIpc) is 1.87. The normalized spacial score (nSPS) is 13.6. The van der Waals surface area contributed by atoms with Gasteiger partial charge in [-0.15, -0.1) is 6.58 Å². The molecule has 0 fully saturated rings. The zero-order valence-corrected chi connectivity index (χ0v) is 8.39. The molecule has 0 rings (SSSR count). The summed E-state index contributed by atoms with van der Waals surface area (Å²) in [7, 11) is 4.22. The van der Waals surface area contributed by atoms with Crippen molar-refractivity contribution in [3.8, 4) is 0 Å². The van der Waals surface area contributed by atoms with Gasteiger partial charge in [-0.3, -0.25) is 0 Å². The Morgan fingerprint density at radius 2 is 2.20 bits per heavy atom. The van der Waals surface area contributed by atoms with Crippen molar-refractivity contribution in [1.29, 1.82) is 0 Å². The summed E-state index contributed by atoms with van der Waals surface area (Å²) >= 11 is 3.43. The monoisotopic (exact) mass is 205 g/mol. The van der Waals surface area contributed by atoms with Gasteiger partial charge >= 0.3 is 0 Å². The zero-order chi connectivity index (χ0) is 7.98. The van der Waals surface area contributed by atoms with Crippen molar-refractivity contribution in [3.63, 3.8) is 0 Å². The fourth-order valence-electron chi connectivity index (χ4n) is 0.905. The van der Waals surface area contributed by atoms with E-state index in [1.54, 1.807) is 0 Å². The van der Waals surface area contributed by atoms with E-state index in [9.17, 15) is 0 Å². The smallest absolute Gasteiger partial charge is 0.0131 e. The van der Waals surface area contributed by atoms with Gasteiger partial charge in [0.05, 0.1) is 0 Å². The fraction of sp³-hybridized carbons (Fsp3) is 0.750. The van der Waals surface area contributed by atoms with Crippen LogP contribution in [-0.2, 0) is 0 Å². The molecule has 0 saturated heterocycles. The Balaban J connectivity index is 3.60. The van der Waals surface area contributed by atoms with E-state index >= 15 is 0 Å². The maximum atomic E-state index is 3.72. The standard InChI is InChI=1S/C8H16BrN/c1-4-5-8(6-7-9)10(2)3/h4,8H,1,5-7H2,2-3H3. The van der Waals surface area contributed by atoms with Gasteiger partial charge in [0, 0.05) is 11.4 Å². The van der Waals surface area contributed by atoms with Crippen LogP contribution in [0.15, 0.2) is 12.7 Å². The Labute approximate surface area is 72.2 Å². The Morgan fingerprint density at radius 1 is 1.60 bits per heavy atom. The first-order valence-corrected chi connectivity index (χ1v) is 4.67. The molecule has 0 spiro atoms. The highest BCUT2D eigenvalue weighted by Crippen LogP contribution is 2.06. The minimum atomic E-state index is 0.650. The van der Waals surface area contributed by atoms with E-state index in [4.69, 9.17) is 0 Å². The highest BCUT2D eigenvalue weighted by atomic mass is 79.9. The van der Waals surface area contributed by atoms with Crippen molar-refractivity contribution in [3.05, 3.63) is 12.7 Å². The van der Waals surface area contributed by atoms with Crippen LogP contribution < -0.4 is 0 Å². The van der Waals surface area contributed by atoms with E-state index < -0.39 is 0 Å². The zero-order valence-electron chi connectivity index (χ0n) is 6.81. The van der Waals surface area contributed by atoms with Gasteiger partial charge < -0.3 is 4.90 Å². The van der Waals surface area contributed by atoms with Crippen LogP contribution in [0.3, 0.4) is 0 Å². The lowest BCUT2D eigenvalue weighted by atomic mass is 10.1. The Hall–Kier alpha value is 0.180. The van der Waals surface area contributed by atoms with E-state index in [0.717, 1.165) is 11.8 Å². The Bertz CT molecular complexity index is 91.3. The Morgan fingerprint density at radius 3 is 2.50 bits per heavy atom. The molecule has 0 aliphatic heterocycles. The second-order valence-electron chi connectivity index (χ2n) is 2.62. The molecule has 0 aliphatic rings. The summed E-state index contributed by atoms with van der Waals surface area (Å²) in [5.41, 5.74) is 0. The molecule has 0 saturated carbocycles. The van der Waals surface area contributed by atoms with E-state index in [1.807, 2.05) is 6.08 Å². The maximum Gasteiger partial charge on any atom is 0.0131 e. The first-order chi connectivity index (χ1) is 4.72. The molecule has 0 aromatic heterocycles. The molecule has 0 aliphatic carbocycles. The number of hydrogen-bond acceptors (Lipinski definition) is 1. The van der Waals surface area contributed by atoms with Crippen molar-refractivity contribution in [2.45, 2.75) is 18.9 Å². The van der Waals surface area contributed by atoms with Crippen LogP contribution in [0.25, 0.3) is 0 Å². The molecule has 0 amide bonds. The predicted molar refractivity (Wildman–Crippen MR) is 50.7 cm³/mol. The second-order valence-corrected chi connectivity index (χ2v) is 3.41. The van der Waals surface area contributed by atoms with Gasteiger partial charge in [-0.2, -0.15) is 0 Å². The molecular weight excluding hydrogens is 190 g/mol. The predicted octanol–water partition coefficient (Wildman–Crippen LogP) is 2.28. The number of alkyl halides is 1. The minimum Gasteiger partial charge on any atom is -0.306 e. The summed E-state index contributed by atoms with van der Waals surface area (Å²) in [4.78, 5) is 2.24. The third-order valence-electron chi connectivity index (χ3n) is 1.61. The average molecular weight is 206 g/mol. The van der Waals surface area contributed by atoms with Crippen LogP contribution in [0, 0.1) is 0 Å². The molecule has 0 bridgehead atoms. The molecule has 10 heavy (non-hydrogen) atoms. The molecule has 1 unspecified atom stereocenters. The van der Waals surface area contributed by atoms with Crippen molar-refractivity contribution in [2.24, 2.45) is 0 Å². The molecule has 0 radical (unpaired) electrons. The third-order valence-corrected chi connectivity index (χ3v) is 2.07. The van der Waals surface area contributed by atoms with Crippen LogP contribution in [-0.4, -0.2) is 30.4 Å². The molecule has 1 nitrogen and oxygen atoms in total. The number of halogens is 1. The highest BCUT2D eigenvalue weighted by Gasteiger charge is 2.06. The van der Waals surface area contributed by atoms with E-state index in [2.05, 4.69) is 41.5 Å². The van der Waals surface area contributed by atoms with Gasteiger partial charge in [0.1, 0.15) is 0 Å². The molecule has 0 heterocycles. The quantitative estimate of drug-likeness (QED) is 0.492. The maximum absolute atomic E-state index is 3.72. The summed E-state index contributed by atoms with van der Waals surface area (Å²) in [5.74, 6) is 0. The van der Waals surface area contributed by atoms with Crippen molar-refractivity contribution in [1.82, 2.24) is 4.90 Å². The molecule has 0 aromatic carbocycles. The lowest BCUT2D eigenvalue weighted by Crippen LogP contribution is -2.27. The minimum absolute atomic E-state index is 0.650. The van der Waals surface area contributed by atoms with Crippen LogP contribution in [0.2, 0.25) is 0 Å². The highest BCUT2D eigenvalue weighted by molar-refractivity contribution is 9.09. The summed E-state index contributed by atoms with van der Waals surface area (Å²) in [5, 5.41) is 1.07. The third kappa shape index (κ3) is 4.07. The largest absolute Gasteiger partial charge is 0.306 e. The van der Waals surface area contributed by atoms with E-state index in [0.29, 0.717) is 6.04 Å². The van der Waals surface area contributed by atoms with Crippen LogP contribution in [0.4, 0.5) is 0 Å². The first-order valence-electron chi connectivity index (χ1n) is 3.55. The van der Waals surface area contributed by atoms with Gasteiger partial charge in [0.2, 0.25) is 0 Å². The van der Waals surface area contributed by atoms with E-state index in [1.165, 1.54) is 6.42 Å². The van der Waals surface area contributed by atoms with Crippen LogP contribution in [0.1, 0.15) is 12.8 Å². The Kier molecular flexibility index (Phi) is 6.03. The summed E-state index contributed by atoms with van der Waals surface area (Å²) < 4.78 is 0. The second kappa shape index (κ2) is 5.93. The molecular formula is C8H16BrN. The SMILES string of the molecule is C=CCC(CCBr)N(C)C. The van der Waals surface area contributed by atoms with Crippen LogP contribution >= 0.6 is 15.9 Å². The van der Waals surface area contributed by atoms with Crippen molar-refractivity contribution in [2.75, 3.05) is 19.4 Å². The summed E-state index contributed by atoms with van der Waals surface area (Å²) in [6.07, 6.45) is 4.25. The number of hydrogen-bond donors (Lipinski definition) is 0. The molecule has 1 atom stereocenters. The van der Waals surface area contributed by atoms with Gasteiger partial charge in [-0.05, 0) is 26.9 Å². The van der Waals surface area contributed by atoms with Crippen LogP contribution in [0.5, 0.6) is 0 Å². The van der Waals surface area contributed by atoms with Gasteiger partial charge in [-0.1, -0.05) is 22.0 Å². The summed E-state index contributed by atoms with van der Waals surface area (Å²) in [6.45, 7) is 3.72. The molecule has 60 valence electrons. The van der Waals surface area contributed by atoms with Crippen molar-refractivity contribution >= 4 is 15.9 Å². The number of nitrogens with zero attached hydrogens (tertiary/aromatic N) is 1. The molecule has 0 aromatic rings. The van der Waals surface area contributed by atoms with E-state index in [-0.39, 0.29) is 0 Å². The summed E-state index contributed by atoms with van der Waals surface area (Å²) in [6, 6.07) is 0.650. The van der Waals surface area contributed by atoms with Crippen molar-refractivity contribution < 1.29 is 0 Å². The van der Waals surface area contributed by atoms with Gasteiger partial charge in [-0.25, -0.2) is 0 Å². The van der Waals surface area contributed by atoms with Gasteiger partial charge in [0.15, 0.2) is 0 Å². The number of rotatable bonds is 5. The lowest BCUT2D eigenvalue weighted by Gasteiger charge is -2.21.